The highest BCUT2D eigenvalue weighted by Gasteiger charge is 2.22. The van der Waals surface area contributed by atoms with Crippen molar-refractivity contribution in [2.75, 3.05) is 36.2 Å². The molecule has 0 saturated carbocycles. The summed E-state index contributed by atoms with van der Waals surface area (Å²) in [7, 11) is 1.50. The van der Waals surface area contributed by atoms with Crippen molar-refractivity contribution < 1.29 is 9.53 Å². The summed E-state index contributed by atoms with van der Waals surface area (Å²) in [5.74, 6) is -0.390. The number of carbonyl (C=O) groups is 1. The molecule has 31 heavy (non-hydrogen) atoms. The van der Waals surface area contributed by atoms with Crippen molar-refractivity contribution in [2.24, 2.45) is 0 Å². The summed E-state index contributed by atoms with van der Waals surface area (Å²) < 4.78 is 6.25. The normalized spacial score (nSPS) is 10.8. The second kappa shape index (κ2) is 10.0. The third-order valence-electron chi connectivity index (χ3n) is 4.47. The molecule has 11 heteroatoms. The molecule has 1 aromatic carbocycles. The Morgan fingerprint density at radius 2 is 2.06 bits per heavy atom. The van der Waals surface area contributed by atoms with E-state index in [1.165, 1.54) is 23.0 Å². The van der Waals surface area contributed by atoms with Crippen LogP contribution in [-0.2, 0) is 22.6 Å². The molecule has 0 unspecified atom stereocenters. The monoisotopic (exact) mass is 444 g/mol. The van der Waals surface area contributed by atoms with E-state index in [9.17, 15) is 14.4 Å². The van der Waals surface area contributed by atoms with E-state index < -0.39 is 11.2 Å². The lowest BCUT2D eigenvalue weighted by molar-refractivity contribution is -0.115. The number of amides is 1. The highest BCUT2D eigenvalue weighted by atomic mass is 32.1. The van der Waals surface area contributed by atoms with Crippen LogP contribution in [0, 0.1) is 6.92 Å². The molecular weight excluding hydrogens is 420 g/mol. The molecule has 0 aliphatic heterocycles. The van der Waals surface area contributed by atoms with E-state index >= 15 is 0 Å². The van der Waals surface area contributed by atoms with Gasteiger partial charge in [-0.2, -0.15) is 0 Å². The molecule has 164 valence electrons. The first-order valence-electron chi connectivity index (χ1n) is 9.51. The minimum absolute atomic E-state index is 0.0281. The molecule has 0 radical (unpaired) electrons. The van der Waals surface area contributed by atoms with Gasteiger partial charge in [0, 0.05) is 19.0 Å². The number of benzene rings is 1. The van der Waals surface area contributed by atoms with Crippen LogP contribution in [-0.4, -0.2) is 40.7 Å². The number of thiazole rings is 1. The maximum absolute atomic E-state index is 12.7. The summed E-state index contributed by atoms with van der Waals surface area (Å²) in [4.78, 5) is 45.7. The molecule has 0 saturated heterocycles. The zero-order chi connectivity index (χ0) is 22.4. The van der Waals surface area contributed by atoms with Crippen molar-refractivity contribution in [3.63, 3.8) is 0 Å². The van der Waals surface area contributed by atoms with Crippen LogP contribution < -0.4 is 27.2 Å². The van der Waals surface area contributed by atoms with Gasteiger partial charge in [-0.15, -0.1) is 11.3 Å². The number of nitrogens with two attached hydrogens (primary N) is 1. The number of rotatable bonds is 9. The van der Waals surface area contributed by atoms with Crippen LogP contribution in [0.25, 0.3) is 0 Å². The zero-order valence-corrected chi connectivity index (χ0v) is 18.1. The lowest BCUT2D eigenvalue weighted by Gasteiger charge is -2.25. The smallest absolute Gasteiger partial charge is 0.330 e. The number of anilines is 3. The van der Waals surface area contributed by atoms with Gasteiger partial charge in [0.25, 0.3) is 5.56 Å². The molecule has 0 atom stereocenters. The number of nitrogens with zero attached hydrogens (tertiary/aromatic N) is 3. The van der Waals surface area contributed by atoms with Gasteiger partial charge in [-0.25, -0.2) is 9.78 Å². The molecule has 10 nitrogen and oxygen atoms in total. The van der Waals surface area contributed by atoms with Gasteiger partial charge in [0.05, 0.1) is 25.4 Å². The van der Waals surface area contributed by atoms with Gasteiger partial charge in [0.15, 0.2) is 5.13 Å². The number of carbonyl (C=O) groups excluding carboxylic acids is 1. The molecule has 0 spiro atoms. The number of H-pyrrole nitrogens is 1. The SMILES string of the molecule is COCCn1c(N)c(N(CC(=O)Nc2nc(C)cs2)Cc2ccccc2)c(=O)[nH]c1=O. The van der Waals surface area contributed by atoms with E-state index in [0.29, 0.717) is 5.13 Å². The first-order chi connectivity index (χ1) is 14.9. The molecular formula is C20H24N6O4S. The summed E-state index contributed by atoms with van der Waals surface area (Å²) in [6.45, 7) is 2.30. The Morgan fingerprint density at radius 1 is 1.32 bits per heavy atom. The third kappa shape index (κ3) is 5.58. The topological polar surface area (TPSA) is 135 Å². The van der Waals surface area contributed by atoms with E-state index in [1.807, 2.05) is 42.6 Å². The molecule has 2 aromatic heterocycles. The Morgan fingerprint density at radius 3 is 2.71 bits per heavy atom. The van der Waals surface area contributed by atoms with Crippen LogP contribution in [0.3, 0.4) is 0 Å². The number of aromatic nitrogens is 3. The predicted molar refractivity (Wildman–Crippen MR) is 121 cm³/mol. The van der Waals surface area contributed by atoms with Crippen LogP contribution in [0.1, 0.15) is 11.3 Å². The molecule has 2 heterocycles. The zero-order valence-electron chi connectivity index (χ0n) is 17.3. The number of hydrogen-bond donors (Lipinski definition) is 3. The highest BCUT2D eigenvalue weighted by molar-refractivity contribution is 7.13. The van der Waals surface area contributed by atoms with E-state index in [1.54, 1.807) is 4.90 Å². The molecule has 0 bridgehead atoms. The fourth-order valence-corrected chi connectivity index (χ4v) is 3.75. The first-order valence-corrected chi connectivity index (χ1v) is 10.4. The molecule has 1 amide bonds. The standard InChI is InChI=1S/C20H24N6O4S/c1-13-12-31-19(22-13)23-15(27)11-25(10-14-6-4-3-5-7-14)16-17(21)26(8-9-30-2)20(29)24-18(16)28/h3-7,12H,8-11,21H2,1-2H3,(H,22,23,27)(H,24,28,29). The molecule has 0 fully saturated rings. The van der Waals surface area contributed by atoms with Gasteiger partial charge < -0.3 is 20.7 Å². The average Bonchev–Trinajstić information content (AvgIpc) is 3.12. The largest absolute Gasteiger partial charge is 0.383 e. The van der Waals surface area contributed by atoms with Crippen LogP contribution in [0.5, 0.6) is 0 Å². The Balaban J connectivity index is 1.96. The van der Waals surface area contributed by atoms with Crippen LogP contribution >= 0.6 is 11.3 Å². The van der Waals surface area contributed by atoms with Crippen molar-refractivity contribution >= 4 is 33.9 Å². The quantitative estimate of drug-likeness (QED) is 0.451. The summed E-state index contributed by atoms with van der Waals surface area (Å²) >= 11 is 1.31. The van der Waals surface area contributed by atoms with Gasteiger partial charge in [0.1, 0.15) is 11.5 Å². The minimum Gasteiger partial charge on any atom is -0.383 e. The summed E-state index contributed by atoms with van der Waals surface area (Å²) in [6, 6.07) is 9.34. The summed E-state index contributed by atoms with van der Waals surface area (Å²) in [5.41, 5.74) is 6.63. The molecule has 0 aliphatic carbocycles. The lowest BCUT2D eigenvalue weighted by Crippen LogP contribution is -2.41. The predicted octanol–water partition coefficient (Wildman–Crippen LogP) is 1.18. The van der Waals surface area contributed by atoms with Crippen molar-refractivity contribution in [2.45, 2.75) is 20.0 Å². The summed E-state index contributed by atoms with van der Waals surface area (Å²) in [5, 5.41) is 5.03. The highest BCUT2D eigenvalue weighted by Crippen LogP contribution is 2.20. The average molecular weight is 445 g/mol. The Kier molecular flexibility index (Phi) is 7.21. The van der Waals surface area contributed by atoms with E-state index in [-0.39, 0.29) is 43.7 Å². The minimum atomic E-state index is -0.662. The Hall–Kier alpha value is -3.44. The fourth-order valence-electron chi connectivity index (χ4n) is 3.05. The van der Waals surface area contributed by atoms with E-state index in [2.05, 4.69) is 15.3 Å². The van der Waals surface area contributed by atoms with Gasteiger partial charge in [-0.3, -0.25) is 19.1 Å². The maximum atomic E-state index is 12.7. The second-order valence-corrected chi connectivity index (χ2v) is 7.68. The van der Waals surface area contributed by atoms with Gasteiger partial charge in [-0.05, 0) is 12.5 Å². The first kappa shape index (κ1) is 22.2. The fraction of sp³-hybridized carbons (Fsp3) is 0.300. The van der Waals surface area contributed by atoms with Crippen molar-refractivity contribution in [1.29, 1.82) is 0 Å². The molecule has 4 N–H and O–H groups in total. The molecule has 0 aliphatic rings. The van der Waals surface area contributed by atoms with Crippen molar-refractivity contribution in [1.82, 2.24) is 14.5 Å². The maximum Gasteiger partial charge on any atom is 0.330 e. The van der Waals surface area contributed by atoms with E-state index in [4.69, 9.17) is 10.5 Å². The molecule has 3 aromatic rings. The van der Waals surface area contributed by atoms with Crippen LogP contribution in [0.2, 0.25) is 0 Å². The van der Waals surface area contributed by atoms with Crippen molar-refractivity contribution in [3.05, 3.63) is 67.8 Å². The number of methoxy groups -OCH3 is 1. The Labute approximate surface area is 182 Å². The number of aryl methyl sites for hydroxylation is 1. The van der Waals surface area contributed by atoms with E-state index in [0.717, 1.165) is 11.3 Å². The second-order valence-electron chi connectivity index (χ2n) is 6.82. The van der Waals surface area contributed by atoms with Gasteiger partial charge in [-0.1, -0.05) is 30.3 Å². The van der Waals surface area contributed by atoms with Gasteiger partial charge in [0.2, 0.25) is 5.91 Å². The number of nitrogens with one attached hydrogen (secondary N) is 2. The van der Waals surface area contributed by atoms with Crippen LogP contribution in [0.4, 0.5) is 16.6 Å². The number of ether oxygens (including phenoxy) is 1. The summed E-state index contributed by atoms with van der Waals surface area (Å²) in [6.07, 6.45) is 0. The lowest BCUT2D eigenvalue weighted by atomic mass is 10.2. The molecule has 3 rings (SSSR count). The number of hydrogen-bond acceptors (Lipinski definition) is 8. The number of aromatic amines is 1. The van der Waals surface area contributed by atoms with Crippen LogP contribution in [0.15, 0.2) is 45.3 Å². The number of nitrogen functional groups attached to an aromatic ring is 1. The third-order valence-corrected chi connectivity index (χ3v) is 5.34. The Bertz CT molecular complexity index is 1150. The van der Waals surface area contributed by atoms with Crippen molar-refractivity contribution in [3.8, 4) is 0 Å². The van der Waals surface area contributed by atoms with Gasteiger partial charge >= 0.3 is 5.69 Å².